The zero-order chi connectivity index (χ0) is 14.3. The molecule has 0 saturated carbocycles. The second kappa shape index (κ2) is 6.93. The molecule has 2 N–H and O–H groups in total. The summed E-state index contributed by atoms with van der Waals surface area (Å²) in [6, 6.07) is 4.84. The highest BCUT2D eigenvalue weighted by atomic mass is 19.4. The Balaban J connectivity index is 2.31. The van der Waals surface area contributed by atoms with Crippen LogP contribution in [0.3, 0.4) is 0 Å². The number of nitrogens with zero attached hydrogens (tertiary/aromatic N) is 1. The third-order valence-electron chi connectivity index (χ3n) is 2.04. The van der Waals surface area contributed by atoms with Gasteiger partial charge >= 0.3 is 6.18 Å². The monoisotopic (exact) mass is 277 g/mol. The number of carbonyl (C=O) groups excluding carboxylic acids is 1. The Morgan fingerprint density at radius 3 is 2.79 bits per heavy atom. The SMILES string of the molecule is CNc1cccc(C(=O)NCCOCC(F)(F)F)n1. The van der Waals surface area contributed by atoms with Gasteiger partial charge in [-0.3, -0.25) is 4.79 Å². The van der Waals surface area contributed by atoms with E-state index in [2.05, 4.69) is 20.4 Å². The normalized spacial score (nSPS) is 11.2. The number of halogens is 3. The quantitative estimate of drug-likeness (QED) is 0.772. The van der Waals surface area contributed by atoms with Crippen molar-refractivity contribution < 1.29 is 22.7 Å². The van der Waals surface area contributed by atoms with E-state index in [1.807, 2.05) is 0 Å². The highest BCUT2D eigenvalue weighted by Crippen LogP contribution is 2.13. The van der Waals surface area contributed by atoms with E-state index in [4.69, 9.17) is 0 Å². The zero-order valence-electron chi connectivity index (χ0n) is 10.3. The summed E-state index contributed by atoms with van der Waals surface area (Å²) in [6.45, 7) is -1.55. The summed E-state index contributed by atoms with van der Waals surface area (Å²) in [4.78, 5) is 15.6. The van der Waals surface area contributed by atoms with E-state index < -0.39 is 18.7 Å². The van der Waals surface area contributed by atoms with Crippen molar-refractivity contribution >= 4 is 11.7 Å². The third kappa shape index (κ3) is 6.05. The van der Waals surface area contributed by atoms with Gasteiger partial charge in [-0.2, -0.15) is 13.2 Å². The molecule has 1 heterocycles. The number of nitrogens with one attached hydrogen (secondary N) is 2. The molecule has 0 aromatic carbocycles. The molecular weight excluding hydrogens is 263 g/mol. The van der Waals surface area contributed by atoms with Crippen LogP contribution in [0, 0.1) is 0 Å². The molecule has 8 heteroatoms. The second-order valence-electron chi connectivity index (χ2n) is 3.58. The van der Waals surface area contributed by atoms with Crippen LogP contribution in [0.4, 0.5) is 19.0 Å². The van der Waals surface area contributed by atoms with E-state index >= 15 is 0 Å². The maximum Gasteiger partial charge on any atom is 0.411 e. The molecule has 1 amide bonds. The number of carbonyl (C=O) groups is 1. The molecule has 0 aliphatic rings. The fraction of sp³-hybridized carbons (Fsp3) is 0.455. The molecule has 1 aromatic rings. The lowest BCUT2D eigenvalue weighted by atomic mass is 10.3. The van der Waals surface area contributed by atoms with Crippen LogP contribution in [0.5, 0.6) is 0 Å². The average molecular weight is 277 g/mol. The van der Waals surface area contributed by atoms with Gasteiger partial charge in [0, 0.05) is 13.6 Å². The number of anilines is 1. The summed E-state index contributed by atoms with van der Waals surface area (Å²) < 4.78 is 39.6. The van der Waals surface area contributed by atoms with Crippen molar-refractivity contribution in [1.29, 1.82) is 0 Å². The van der Waals surface area contributed by atoms with Crippen molar-refractivity contribution in [3.05, 3.63) is 23.9 Å². The van der Waals surface area contributed by atoms with Crippen molar-refractivity contribution in [1.82, 2.24) is 10.3 Å². The summed E-state index contributed by atoms with van der Waals surface area (Å²) in [5.41, 5.74) is 0.183. The van der Waals surface area contributed by atoms with Crippen LogP contribution in [0.2, 0.25) is 0 Å². The Hall–Kier alpha value is -1.83. The minimum absolute atomic E-state index is 0.0135. The van der Waals surface area contributed by atoms with Gasteiger partial charge in [0.2, 0.25) is 0 Å². The molecule has 5 nitrogen and oxygen atoms in total. The number of amides is 1. The molecule has 0 radical (unpaired) electrons. The molecule has 19 heavy (non-hydrogen) atoms. The van der Waals surface area contributed by atoms with Gasteiger partial charge in [-0.15, -0.1) is 0 Å². The maximum atomic E-state index is 11.8. The molecule has 0 aliphatic heterocycles. The first-order valence-corrected chi connectivity index (χ1v) is 5.50. The molecular formula is C11H14F3N3O2. The molecule has 0 spiro atoms. The summed E-state index contributed by atoms with van der Waals surface area (Å²) in [5.74, 6) is 0.0636. The van der Waals surface area contributed by atoms with Crippen LogP contribution in [-0.2, 0) is 4.74 Å². The van der Waals surface area contributed by atoms with Crippen molar-refractivity contribution in [3.8, 4) is 0 Å². The van der Waals surface area contributed by atoms with Crippen LogP contribution in [0.1, 0.15) is 10.5 Å². The first-order chi connectivity index (χ1) is 8.92. The lowest BCUT2D eigenvalue weighted by Crippen LogP contribution is -2.29. The molecule has 106 valence electrons. The van der Waals surface area contributed by atoms with E-state index in [1.165, 1.54) is 6.07 Å². The van der Waals surface area contributed by atoms with Crippen LogP contribution in [-0.4, -0.2) is 43.9 Å². The number of pyridine rings is 1. The Morgan fingerprint density at radius 1 is 1.42 bits per heavy atom. The summed E-state index contributed by atoms with van der Waals surface area (Å²) >= 11 is 0. The largest absolute Gasteiger partial charge is 0.411 e. The van der Waals surface area contributed by atoms with Gasteiger partial charge in [0.15, 0.2) is 0 Å². The number of alkyl halides is 3. The first-order valence-electron chi connectivity index (χ1n) is 5.50. The van der Waals surface area contributed by atoms with E-state index in [1.54, 1.807) is 19.2 Å². The highest BCUT2D eigenvalue weighted by molar-refractivity contribution is 5.92. The fourth-order valence-electron chi connectivity index (χ4n) is 1.22. The lowest BCUT2D eigenvalue weighted by Gasteiger charge is -2.08. The summed E-state index contributed by atoms with van der Waals surface area (Å²) in [5, 5.41) is 5.19. The molecule has 1 aromatic heterocycles. The topological polar surface area (TPSA) is 63.2 Å². The van der Waals surface area contributed by atoms with Gasteiger partial charge in [0.05, 0.1) is 6.61 Å². The number of rotatable bonds is 6. The van der Waals surface area contributed by atoms with Gasteiger partial charge < -0.3 is 15.4 Å². The van der Waals surface area contributed by atoms with Crippen LogP contribution in [0.15, 0.2) is 18.2 Å². The zero-order valence-corrected chi connectivity index (χ0v) is 10.3. The second-order valence-corrected chi connectivity index (χ2v) is 3.58. The summed E-state index contributed by atoms with van der Waals surface area (Å²) in [7, 11) is 1.66. The molecule has 0 atom stereocenters. The maximum absolute atomic E-state index is 11.8. The molecule has 0 fully saturated rings. The average Bonchev–Trinajstić information content (AvgIpc) is 2.37. The number of hydrogen-bond acceptors (Lipinski definition) is 4. The smallest absolute Gasteiger partial charge is 0.373 e. The van der Waals surface area contributed by atoms with Gasteiger partial charge in [-0.05, 0) is 12.1 Å². The fourth-order valence-corrected chi connectivity index (χ4v) is 1.22. The van der Waals surface area contributed by atoms with Crippen LogP contribution >= 0.6 is 0 Å². The Kier molecular flexibility index (Phi) is 5.56. The third-order valence-corrected chi connectivity index (χ3v) is 2.04. The van der Waals surface area contributed by atoms with E-state index in [0.717, 1.165) is 0 Å². The number of hydrogen-bond donors (Lipinski definition) is 2. The molecule has 0 unspecified atom stereocenters. The van der Waals surface area contributed by atoms with Crippen molar-refractivity contribution in [2.45, 2.75) is 6.18 Å². The predicted molar refractivity (Wildman–Crippen MR) is 63.0 cm³/mol. The van der Waals surface area contributed by atoms with E-state index in [9.17, 15) is 18.0 Å². The minimum Gasteiger partial charge on any atom is -0.373 e. The van der Waals surface area contributed by atoms with Crippen molar-refractivity contribution in [2.24, 2.45) is 0 Å². The Morgan fingerprint density at radius 2 is 2.16 bits per heavy atom. The number of aromatic nitrogens is 1. The van der Waals surface area contributed by atoms with Gasteiger partial charge in [0.1, 0.15) is 18.1 Å². The Labute approximate surface area is 108 Å². The first kappa shape index (κ1) is 15.2. The molecule has 0 aliphatic carbocycles. The van der Waals surface area contributed by atoms with E-state index in [-0.39, 0.29) is 18.8 Å². The predicted octanol–water partition coefficient (Wildman–Crippen LogP) is 1.43. The molecule has 0 bridgehead atoms. The van der Waals surface area contributed by atoms with E-state index in [0.29, 0.717) is 5.82 Å². The van der Waals surface area contributed by atoms with Gasteiger partial charge in [0.25, 0.3) is 5.91 Å². The Bertz CT molecular complexity index is 424. The van der Waals surface area contributed by atoms with Crippen molar-refractivity contribution in [3.63, 3.8) is 0 Å². The van der Waals surface area contributed by atoms with Gasteiger partial charge in [-0.25, -0.2) is 4.98 Å². The lowest BCUT2D eigenvalue weighted by molar-refractivity contribution is -0.173. The van der Waals surface area contributed by atoms with Crippen LogP contribution < -0.4 is 10.6 Å². The highest BCUT2D eigenvalue weighted by Gasteiger charge is 2.27. The standard InChI is InChI=1S/C11H14F3N3O2/c1-15-9-4-2-3-8(17-9)10(18)16-5-6-19-7-11(12,13)14/h2-4H,5-7H2,1H3,(H,15,17)(H,16,18). The molecule has 0 saturated heterocycles. The molecule has 1 rings (SSSR count). The van der Waals surface area contributed by atoms with Crippen molar-refractivity contribution in [2.75, 3.05) is 32.1 Å². The van der Waals surface area contributed by atoms with Gasteiger partial charge in [-0.1, -0.05) is 6.07 Å². The van der Waals surface area contributed by atoms with Crippen LogP contribution in [0.25, 0.3) is 0 Å². The number of ether oxygens (including phenoxy) is 1. The summed E-state index contributed by atoms with van der Waals surface area (Å²) in [6.07, 6.45) is -4.35. The minimum atomic E-state index is -4.35.